The van der Waals surface area contributed by atoms with Crippen molar-refractivity contribution in [1.29, 1.82) is 0 Å². The monoisotopic (exact) mass is 601 g/mol. The molecule has 1 aliphatic rings. The van der Waals surface area contributed by atoms with E-state index in [1.807, 2.05) is 13.0 Å². The third kappa shape index (κ3) is 6.67. The van der Waals surface area contributed by atoms with Crippen molar-refractivity contribution in [1.82, 2.24) is 24.6 Å². The number of hydrogen-bond donors (Lipinski definition) is 3. The molecule has 218 valence electrons. The van der Waals surface area contributed by atoms with Crippen LogP contribution in [0.1, 0.15) is 25.3 Å². The lowest BCUT2D eigenvalue weighted by Crippen LogP contribution is -2.38. The van der Waals surface area contributed by atoms with Crippen molar-refractivity contribution in [3.8, 4) is 22.9 Å². The summed E-state index contributed by atoms with van der Waals surface area (Å²) in [5.74, 6) is 0.566. The van der Waals surface area contributed by atoms with Crippen LogP contribution < -0.4 is 20.1 Å². The third-order valence-electron chi connectivity index (χ3n) is 6.92. The minimum Gasteiger partial charge on any atom is -0.437 e. The summed E-state index contributed by atoms with van der Waals surface area (Å²) >= 11 is 0. The van der Waals surface area contributed by atoms with E-state index in [0.717, 1.165) is 35.8 Å². The van der Waals surface area contributed by atoms with Crippen molar-refractivity contribution >= 4 is 45.0 Å². The van der Waals surface area contributed by atoms with Gasteiger partial charge < -0.3 is 15.4 Å². The highest BCUT2D eigenvalue weighted by Crippen LogP contribution is 2.39. The van der Waals surface area contributed by atoms with Gasteiger partial charge in [0.1, 0.15) is 11.6 Å². The molecule has 2 aromatic heterocycles. The van der Waals surface area contributed by atoms with Crippen molar-refractivity contribution in [2.75, 3.05) is 36.7 Å². The summed E-state index contributed by atoms with van der Waals surface area (Å²) in [5.41, 5.74) is 1.90. The highest BCUT2D eigenvalue weighted by molar-refractivity contribution is 7.90. The first-order valence-corrected chi connectivity index (χ1v) is 14.6. The number of hydrogen-bond acceptors (Lipinski definition) is 8. The molecule has 3 N–H and O–H groups in total. The second kappa shape index (κ2) is 12.9. The van der Waals surface area contributed by atoms with Gasteiger partial charge in [-0.25, -0.2) is 19.3 Å². The molecule has 1 fully saturated rings. The number of fused-ring (bicyclic) bond motifs is 1. The first-order valence-electron chi connectivity index (χ1n) is 13.2. The standard InChI is InChI=1S/C28H32FN7O3S.ClH/c1-4-36(3)40(37,38)35-25-20-10-9-18(2)26(21(20)11-12-23(25)29)39-27-22(8-6-15-31-27)24-13-16-32-28(34-24)33-19-7-5-14-30-17-19;/h6,8-13,15-16,19,30,35H,4-5,7,14,17H2,1-3H3,(H,32,33,34);1H/t19-;/m0./s1. The van der Waals surface area contributed by atoms with Crippen LogP contribution in [-0.2, 0) is 10.2 Å². The number of benzene rings is 2. The highest BCUT2D eigenvalue weighted by atomic mass is 35.5. The van der Waals surface area contributed by atoms with Crippen molar-refractivity contribution in [2.24, 2.45) is 0 Å². The Balaban J connectivity index is 0.00000387. The predicted octanol–water partition coefficient (Wildman–Crippen LogP) is 5.13. The largest absolute Gasteiger partial charge is 0.437 e. The Hall–Kier alpha value is -3.58. The van der Waals surface area contributed by atoms with Gasteiger partial charge in [-0.1, -0.05) is 19.1 Å². The number of rotatable bonds is 9. The summed E-state index contributed by atoms with van der Waals surface area (Å²) in [5, 5.41) is 7.66. The summed E-state index contributed by atoms with van der Waals surface area (Å²) in [7, 11) is -2.53. The van der Waals surface area contributed by atoms with Gasteiger partial charge >= 0.3 is 10.2 Å². The lowest BCUT2D eigenvalue weighted by atomic mass is 10.0. The van der Waals surface area contributed by atoms with Crippen molar-refractivity contribution in [3.63, 3.8) is 0 Å². The van der Waals surface area contributed by atoms with Gasteiger partial charge in [-0.3, -0.25) is 4.72 Å². The fourth-order valence-corrected chi connectivity index (χ4v) is 5.54. The van der Waals surface area contributed by atoms with Gasteiger partial charge in [0.2, 0.25) is 11.8 Å². The molecule has 0 aliphatic carbocycles. The van der Waals surface area contributed by atoms with Crippen LogP contribution in [0, 0.1) is 12.7 Å². The summed E-state index contributed by atoms with van der Waals surface area (Å²) in [6.45, 7) is 5.65. The van der Waals surface area contributed by atoms with Crippen LogP contribution in [-0.4, -0.2) is 60.4 Å². The first-order chi connectivity index (χ1) is 19.3. The summed E-state index contributed by atoms with van der Waals surface area (Å²) in [6, 6.07) is 11.9. The Kier molecular flexibility index (Phi) is 9.59. The van der Waals surface area contributed by atoms with Gasteiger partial charge in [-0.15, -0.1) is 12.4 Å². The van der Waals surface area contributed by atoms with Crippen LogP contribution >= 0.6 is 12.4 Å². The van der Waals surface area contributed by atoms with Crippen LogP contribution in [0.25, 0.3) is 22.0 Å². The SMILES string of the molecule is CCN(C)S(=O)(=O)Nc1c(F)ccc2c(Oc3ncccc3-c3ccnc(N[C@H]4CCCNC4)n3)c(C)ccc12.Cl. The van der Waals surface area contributed by atoms with Crippen LogP contribution in [0.5, 0.6) is 11.6 Å². The van der Waals surface area contributed by atoms with E-state index in [9.17, 15) is 12.8 Å². The lowest BCUT2D eigenvalue weighted by molar-refractivity contribution is 0.466. The van der Waals surface area contributed by atoms with Gasteiger partial charge in [0.25, 0.3) is 0 Å². The maximum atomic E-state index is 14.9. The van der Waals surface area contributed by atoms with Crippen molar-refractivity contribution in [2.45, 2.75) is 32.7 Å². The molecule has 41 heavy (non-hydrogen) atoms. The number of ether oxygens (including phenoxy) is 1. The zero-order valence-corrected chi connectivity index (χ0v) is 24.7. The second-order valence-corrected chi connectivity index (χ2v) is 11.4. The van der Waals surface area contributed by atoms with Crippen LogP contribution in [0.2, 0.25) is 0 Å². The predicted molar refractivity (Wildman–Crippen MR) is 162 cm³/mol. The van der Waals surface area contributed by atoms with Gasteiger partial charge in [0.05, 0.1) is 16.9 Å². The Morgan fingerprint density at radius 1 is 1.12 bits per heavy atom. The molecule has 1 aliphatic heterocycles. The molecule has 0 unspecified atom stereocenters. The van der Waals surface area contributed by atoms with Crippen LogP contribution in [0.3, 0.4) is 0 Å². The molecule has 0 saturated carbocycles. The average Bonchev–Trinajstić information content (AvgIpc) is 2.96. The summed E-state index contributed by atoms with van der Waals surface area (Å²) in [6.07, 6.45) is 5.43. The van der Waals surface area contributed by atoms with E-state index in [2.05, 4.69) is 25.3 Å². The number of halogens is 2. The van der Waals surface area contributed by atoms with Crippen molar-refractivity contribution < 1.29 is 17.5 Å². The highest BCUT2D eigenvalue weighted by Gasteiger charge is 2.22. The smallest absolute Gasteiger partial charge is 0.301 e. The number of pyridine rings is 1. The average molecular weight is 602 g/mol. The Morgan fingerprint density at radius 3 is 2.68 bits per heavy atom. The Labute approximate surface area is 245 Å². The molecular formula is C28H33ClFN7O3S. The van der Waals surface area contributed by atoms with Gasteiger partial charge in [0.15, 0.2) is 0 Å². The molecule has 2 aromatic carbocycles. The Morgan fingerprint density at radius 2 is 1.93 bits per heavy atom. The van der Waals surface area contributed by atoms with Gasteiger partial charge in [0, 0.05) is 49.3 Å². The molecule has 4 aromatic rings. The topological polar surface area (TPSA) is 121 Å². The quantitative estimate of drug-likeness (QED) is 0.242. The molecule has 0 radical (unpaired) electrons. The molecule has 3 heterocycles. The van der Waals surface area contributed by atoms with Crippen molar-refractivity contribution in [3.05, 3.63) is 66.2 Å². The van der Waals surface area contributed by atoms with E-state index in [1.54, 1.807) is 49.6 Å². The number of piperidine rings is 1. The number of aryl methyl sites for hydroxylation is 1. The van der Waals surface area contributed by atoms with E-state index >= 15 is 0 Å². The fraction of sp³-hybridized carbons (Fsp3) is 0.321. The number of anilines is 2. The van der Waals surface area contributed by atoms with Crippen LogP contribution in [0.4, 0.5) is 16.0 Å². The zero-order valence-electron chi connectivity index (χ0n) is 23.0. The summed E-state index contributed by atoms with van der Waals surface area (Å²) in [4.78, 5) is 13.6. The van der Waals surface area contributed by atoms with E-state index in [1.165, 1.54) is 13.1 Å². The minimum absolute atomic E-state index is 0. The molecule has 10 nitrogen and oxygen atoms in total. The fourth-order valence-electron chi connectivity index (χ4n) is 4.58. The number of nitrogens with zero attached hydrogens (tertiary/aromatic N) is 4. The minimum atomic E-state index is -3.95. The normalized spacial score (nSPS) is 15.4. The van der Waals surface area contributed by atoms with E-state index < -0.39 is 16.0 Å². The molecule has 0 bridgehead atoms. The molecular weight excluding hydrogens is 569 g/mol. The molecule has 13 heteroatoms. The lowest BCUT2D eigenvalue weighted by Gasteiger charge is -2.23. The molecule has 1 atom stereocenters. The van der Waals surface area contributed by atoms with E-state index in [0.29, 0.717) is 39.6 Å². The van der Waals surface area contributed by atoms with E-state index in [-0.39, 0.29) is 30.7 Å². The second-order valence-electron chi connectivity index (χ2n) is 9.66. The van der Waals surface area contributed by atoms with E-state index in [4.69, 9.17) is 9.72 Å². The number of aromatic nitrogens is 3. The molecule has 5 rings (SSSR count). The maximum Gasteiger partial charge on any atom is 0.301 e. The first kappa shape index (κ1) is 30.4. The zero-order chi connectivity index (χ0) is 28.3. The molecule has 0 amide bonds. The van der Waals surface area contributed by atoms with Gasteiger partial charge in [-0.05, 0) is 62.2 Å². The molecule has 0 spiro atoms. The number of nitrogens with one attached hydrogen (secondary N) is 3. The van der Waals surface area contributed by atoms with Crippen LogP contribution in [0.15, 0.2) is 54.9 Å². The summed E-state index contributed by atoms with van der Waals surface area (Å²) < 4.78 is 50.2. The Bertz CT molecular complexity index is 1630. The maximum absolute atomic E-state index is 14.9. The third-order valence-corrected chi connectivity index (χ3v) is 8.46. The van der Waals surface area contributed by atoms with Gasteiger partial charge in [-0.2, -0.15) is 12.7 Å². The molecule has 1 saturated heterocycles.